The molecule has 0 saturated carbocycles. The van der Waals surface area contributed by atoms with Gasteiger partial charge in [-0.1, -0.05) is 48.5 Å². The minimum Gasteiger partial charge on any atom is -0.487 e. The molecule has 12 heteroatoms. The number of benzene rings is 3. The van der Waals surface area contributed by atoms with Crippen LogP contribution >= 0.6 is 0 Å². The van der Waals surface area contributed by atoms with E-state index >= 15 is 0 Å². The van der Waals surface area contributed by atoms with Crippen LogP contribution in [0.25, 0.3) is 11.1 Å². The highest BCUT2D eigenvalue weighted by Crippen LogP contribution is 2.45. The van der Waals surface area contributed by atoms with Gasteiger partial charge in [-0.25, -0.2) is 22.7 Å². The van der Waals surface area contributed by atoms with Crippen molar-refractivity contribution < 1.29 is 32.6 Å². The van der Waals surface area contributed by atoms with Crippen LogP contribution in [0.1, 0.15) is 66.0 Å². The first kappa shape index (κ1) is 33.3. The van der Waals surface area contributed by atoms with Crippen LogP contribution in [0.5, 0.6) is 5.75 Å². The van der Waals surface area contributed by atoms with E-state index in [2.05, 4.69) is 9.71 Å². The number of nitrogens with one attached hydrogen (secondary N) is 1. The van der Waals surface area contributed by atoms with Crippen molar-refractivity contribution in [2.45, 2.75) is 76.3 Å². The number of guanidine groups is 1. The molecule has 254 valence electrons. The second-order valence-electron chi connectivity index (χ2n) is 13.6. The molecule has 48 heavy (non-hydrogen) atoms. The standard InChI is InChI=1S/C36H42N4O7S/c1-20-21(2)32(22(3)28-17-36(4,5)47-31(20)28)48(44,45)39-34(37)38-15-14-23-16-30(33(41)42)40(18-23)35(43)46-19-29-26-12-8-6-10-24(26)25-11-7-9-13-27(25)29/h6-13,23,29-30H,14-19H2,1-5H3,(H,41,42)(H3,37,38,39)/t23-,30+/m1/s1. The fourth-order valence-corrected chi connectivity index (χ4v) is 9.01. The Morgan fingerprint density at radius 3 is 2.29 bits per heavy atom. The van der Waals surface area contributed by atoms with Crippen molar-refractivity contribution >= 4 is 28.0 Å². The van der Waals surface area contributed by atoms with E-state index in [1.807, 2.05) is 69.3 Å². The van der Waals surface area contributed by atoms with E-state index in [1.165, 1.54) is 4.90 Å². The number of fused-ring (bicyclic) bond motifs is 4. The summed E-state index contributed by atoms with van der Waals surface area (Å²) < 4.78 is 41.3. The summed E-state index contributed by atoms with van der Waals surface area (Å²) in [5.41, 5.74) is 12.8. The summed E-state index contributed by atoms with van der Waals surface area (Å²) in [6, 6.07) is 15.0. The van der Waals surface area contributed by atoms with Gasteiger partial charge in [-0.3, -0.25) is 9.89 Å². The molecule has 0 aromatic heterocycles. The lowest BCUT2D eigenvalue weighted by molar-refractivity contribution is -0.141. The lowest BCUT2D eigenvalue weighted by atomic mass is 9.94. The van der Waals surface area contributed by atoms with E-state index in [1.54, 1.807) is 13.8 Å². The second kappa shape index (κ2) is 12.5. The average Bonchev–Trinajstić information content (AvgIpc) is 3.70. The Kier molecular flexibility index (Phi) is 8.65. The number of nitrogens with zero attached hydrogens (tertiary/aromatic N) is 2. The summed E-state index contributed by atoms with van der Waals surface area (Å²) in [5, 5.41) is 9.91. The molecule has 0 spiro atoms. The van der Waals surface area contributed by atoms with Gasteiger partial charge in [0.2, 0.25) is 5.96 Å². The zero-order valence-electron chi connectivity index (χ0n) is 27.9. The predicted octanol–water partition coefficient (Wildman–Crippen LogP) is 5.03. The minimum absolute atomic E-state index is 0.0921. The van der Waals surface area contributed by atoms with Crippen LogP contribution in [0.4, 0.5) is 4.79 Å². The van der Waals surface area contributed by atoms with E-state index in [0.29, 0.717) is 24.0 Å². The van der Waals surface area contributed by atoms with Crippen molar-refractivity contribution in [1.29, 1.82) is 0 Å². The van der Waals surface area contributed by atoms with Gasteiger partial charge in [0.05, 0.1) is 4.90 Å². The van der Waals surface area contributed by atoms with Crippen molar-refractivity contribution in [2.75, 3.05) is 19.7 Å². The van der Waals surface area contributed by atoms with Crippen LogP contribution in [0.15, 0.2) is 58.4 Å². The third kappa shape index (κ3) is 6.09. The van der Waals surface area contributed by atoms with Gasteiger partial charge in [0.1, 0.15) is 24.0 Å². The highest BCUT2D eigenvalue weighted by Gasteiger charge is 2.41. The molecule has 4 N–H and O–H groups in total. The normalized spacial score (nSPS) is 19.8. The molecule has 0 unspecified atom stereocenters. The smallest absolute Gasteiger partial charge is 0.410 e. The van der Waals surface area contributed by atoms with Crippen LogP contribution in [0.3, 0.4) is 0 Å². The number of carbonyl (C=O) groups excluding carboxylic acids is 1. The third-order valence-corrected chi connectivity index (χ3v) is 11.5. The van der Waals surface area contributed by atoms with E-state index in [0.717, 1.165) is 39.1 Å². The first-order chi connectivity index (χ1) is 22.7. The summed E-state index contributed by atoms with van der Waals surface area (Å²) in [4.78, 5) is 31.1. The molecule has 3 aromatic carbocycles. The Morgan fingerprint density at radius 1 is 1.04 bits per heavy atom. The number of hydrogen-bond acceptors (Lipinski definition) is 7. The van der Waals surface area contributed by atoms with Crippen LogP contribution in [-0.4, -0.2) is 67.8 Å². The number of rotatable bonds is 8. The quantitative estimate of drug-likeness (QED) is 0.222. The minimum atomic E-state index is -4.05. The van der Waals surface area contributed by atoms with Gasteiger partial charge in [-0.2, -0.15) is 0 Å². The van der Waals surface area contributed by atoms with Gasteiger partial charge in [-0.05, 0) is 92.3 Å². The van der Waals surface area contributed by atoms with Crippen molar-refractivity contribution in [1.82, 2.24) is 9.62 Å². The fraction of sp³-hybridized carbons (Fsp3) is 0.417. The molecule has 6 rings (SSSR count). The molecule has 11 nitrogen and oxygen atoms in total. The molecule has 0 bridgehead atoms. The van der Waals surface area contributed by atoms with E-state index in [4.69, 9.17) is 15.2 Å². The van der Waals surface area contributed by atoms with E-state index < -0.39 is 33.7 Å². The largest absolute Gasteiger partial charge is 0.487 e. The molecule has 3 aromatic rings. The molecule has 1 amide bonds. The number of amides is 1. The summed E-state index contributed by atoms with van der Waals surface area (Å²) in [5.74, 6) is -0.959. The maximum absolute atomic E-state index is 13.5. The van der Waals surface area contributed by atoms with Crippen LogP contribution < -0.4 is 15.2 Å². The number of hydrogen-bond donors (Lipinski definition) is 3. The van der Waals surface area contributed by atoms with Crippen LogP contribution in [0.2, 0.25) is 0 Å². The van der Waals surface area contributed by atoms with Crippen molar-refractivity contribution in [3.05, 3.63) is 81.9 Å². The molecule has 1 fully saturated rings. The highest BCUT2D eigenvalue weighted by atomic mass is 32.2. The molecule has 3 aliphatic rings. The van der Waals surface area contributed by atoms with Gasteiger partial charge in [-0.15, -0.1) is 0 Å². The molecule has 2 heterocycles. The zero-order chi connectivity index (χ0) is 34.5. The number of carboxylic acids is 1. The summed E-state index contributed by atoms with van der Waals surface area (Å²) in [6.45, 7) is 9.74. The lowest BCUT2D eigenvalue weighted by Gasteiger charge is -2.22. The number of nitrogens with two attached hydrogens (primary N) is 1. The number of aliphatic carboxylic acids is 1. The zero-order valence-corrected chi connectivity index (χ0v) is 28.7. The number of ether oxygens (including phenoxy) is 2. The first-order valence-corrected chi connectivity index (χ1v) is 17.7. The Bertz CT molecular complexity index is 1890. The number of aliphatic imine (C=N–C) groups is 1. The lowest BCUT2D eigenvalue weighted by Crippen LogP contribution is -2.41. The van der Waals surface area contributed by atoms with E-state index in [9.17, 15) is 23.1 Å². The van der Waals surface area contributed by atoms with Gasteiger partial charge in [0.25, 0.3) is 10.0 Å². The number of carbonyl (C=O) groups is 2. The summed E-state index contributed by atoms with van der Waals surface area (Å²) in [7, 11) is -4.05. The Morgan fingerprint density at radius 2 is 1.67 bits per heavy atom. The molecular weight excluding hydrogens is 632 g/mol. The predicted molar refractivity (Wildman–Crippen MR) is 182 cm³/mol. The summed E-state index contributed by atoms with van der Waals surface area (Å²) >= 11 is 0. The van der Waals surface area contributed by atoms with E-state index in [-0.39, 0.29) is 48.8 Å². The van der Waals surface area contributed by atoms with Crippen molar-refractivity contribution in [2.24, 2.45) is 16.6 Å². The number of likely N-dealkylation sites (tertiary alicyclic amines) is 1. The Balaban J connectivity index is 1.08. The Hall–Kier alpha value is -4.58. The van der Waals surface area contributed by atoms with Crippen molar-refractivity contribution in [3.8, 4) is 16.9 Å². The van der Waals surface area contributed by atoms with Gasteiger partial charge in [0.15, 0.2) is 0 Å². The van der Waals surface area contributed by atoms with Crippen molar-refractivity contribution in [3.63, 3.8) is 0 Å². The third-order valence-electron chi connectivity index (χ3n) is 9.86. The monoisotopic (exact) mass is 674 g/mol. The van der Waals surface area contributed by atoms with Gasteiger partial charge >= 0.3 is 12.1 Å². The average molecular weight is 675 g/mol. The first-order valence-electron chi connectivity index (χ1n) is 16.2. The van der Waals surface area contributed by atoms with Crippen LogP contribution in [0, 0.1) is 26.7 Å². The SMILES string of the molecule is Cc1c(C)c(S(=O)(=O)NC(N)=NCC[C@@H]2C[C@@H](C(=O)O)N(C(=O)OCC3c4ccccc4-c4ccccc43)C2)c(C)c2c1OC(C)(C)C2. The number of carboxylic acid groups (broad SMARTS) is 1. The molecular formula is C36H42N4O7S. The Labute approximate surface area is 281 Å². The van der Waals surface area contributed by atoms with Crippen LogP contribution in [-0.2, 0) is 26.0 Å². The second-order valence-corrected chi connectivity index (χ2v) is 15.2. The molecule has 1 saturated heterocycles. The number of sulfonamides is 1. The van der Waals surface area contributed by atoms with Gasteiger partial charge < -0.3 is 20.3 Å². The molecule has 1 aliphatic carbocycles. The topological polar surface area (TPSA) is 161 Å². The summed E-state index contributed by atoms with van der Waals surface area (Å²) in [6.07, 6.45) is 0.549. The van der Waals surface area contributed by atoms with Gasteiger partial charge in [0, 0.05) is 31.0 Å². The molecule has 2 aliphatic heterocycles. The molecule has 0 radical (unpaired) electrons. The maximum Gasteiger partial charge on any atom is 0.410 e. The maximum atomic E-state index is 13.5. The molecule has 2 atom stereocenters. The highest BCUT2D eigenvalue weighted by molar-refractivity contribution is 7.90. The fourth-order valence-electron chi connectivity index (χ4n) is 7.48.